The number of nitrogens with zero attached hydrogens (tertiary/aromatic N) is 4. The average molecular weight is 433 g/mol. The SMILES string of the molecule is CCc1ccc2nc(N(CCCn3ccnc3)C(=O)Cc3ccc(C)cc3C)sc2c1. The van der Waals surface area contributed by atoms with Crippen molar-refractivity contribution in [1.29, 1.82) is 0 Å². The molecule has 160 valence electrons. The Balaban J connectivity index is 1.59. The topological polar surface area (TPSA) is 51.0 Å². The van der Waals surface area contributed by atoms with Crippen molar-refractivity contribution in [2.45, 2.75) is 46.6 Å². The van der Waals surface area contributed by atoms with E-state index in [1.165, 1.54) is 11.1 Å². The summed E-state index contributed by atoms with van der Waals surface area (Å²) in [7, 11) is 0. The smallest absolute Gasteiger partial charge is 0.233 e. The largest absolute Gasteiger partial charge is 0.337 e. The fourth-order valence-corrected chi connectivity index (χ4v) is 4.82. The van der Waals surface area contributed by atoms with Gasteiger partial charge in [0.05, 0.1) is 23.0 Å². The van der Waals surface area contributed by atoms with Gasteiger partial charge in [0.2, 0.25) is 5.91 Å². The molecule has 0 unspecified atom stereocenters. The molecule has 0 bridgehead atoms. The Labute approximate surface area is 187 Å². The number of imidazole rings is 1. The Bertz CT molecular complexity index is 1180. The standard InChI is InChI=1S/C25H28N4OS/c1-4-20-7-9-22-23(15-20)31-25(27-22)29(12-5-11-28-13-10-26-17-28)24(30)16-21-8-6-18(2)14-19(21)3/h6-10,13-15,17H,4-5,11-12,16H2,1-3H3. The van der Waals surface area contributed by atoms with Gasteiger partial charge < -0.3 is 4.57 Å². The highest BCUT2D eigenvalue weighted by molar-refractivity contribution is 7.22. The number of hydrogen-bond acceptors (Lipinski definition) is 4. The van der Waals surface area contributed by atoms with Crippen molar-refractivity contribution >= 4 is 32.6 Å². The van der Waals surface area contributed by atoms with Crippen LogP contribution in [0, 0.1) is 13.8 Å². The van der Waals surface area contributed by atoms with E-state index in [2.05, 4.69) is 62.2 Å². The number of hydrogen-bond donors (Lipinski definition) is 0. The molecular formula is C25H28N4OS. The van der Waals surface area contributed by atoms with Gasteiger partial charge in [0.15, 0.2) is 5.13 Å². The zero-order valence-electron chi connectivity index (χ0n) is 18.3. The van der Waals surface area contributed by atoms with E-state index in [4.69, 9.17) is 4.98 Å². The van der Waals surface area contributed by atoms with Crippen LogP contribution in [0.1, 0.15) is 35.6 Å². The number of carbonyl (C=O) groups excluding carboxylic acids is 1. The van der Waals surface area contributed by atoms with Gasteiger partial charge in [0, 0.05) is 25.5 Å². The first-order valence-electron chi connectivity index (χ1n) is 10.7. The Morgan fingerprint density at radius 1 is 1.16 bits per heavy atom. The van der Waals surface area contributed by atoms with Gasteiger partial charge in [-0.3, -0.25) is 9.69 Å². The van der Waals surface area contributed by atoms with Crippen LogP contribution < -0.4 is 4.90 Å². The van der Waals surface area contributed by atoms with Crippen molar-refractivity contribution in [1.82, 2.24) is 14.5 Å². The van der Waals surface area contributed by atoms with E-state index in [9.17, 15) is 4.79 Å². The maximum absolute atomic E-state index is 13.4. The van der Waals surface area contributed by atoms with Crippen LogP contribution in [0.5, 0.6) is 0 Å². The molecule has 0 aliphatic rings. The summed E-state index contributed by atoms with van der Waals surface area (Å²) < 4.78 is 3.17. The van der Waals surface area contributed by atoms with Crippen LogP contribution in [0.2, 0.25) is 0 Å². The third-order valence-electron chi connectivity index (χ3n) is 5.58. The maximum atomic E-state index is 13.4. The van der Waals surface area contributed by atoms with Crippen LogP contribution in [-0.4, -0.2) is 27.0 Å². The number of amides is 1. The Hall–Kier alpha value is -2.99. The molecule has 5 nitrogen and oxygen atoms in total. The van der Waals surface area contributed by atoms with Crippen LogP contribution >= 0.6 is 11.3 Å². The molecule has 0 fully saturated rings. The quantitative estimate of drug-likeness (QED) is 0.378. The summed E-state index contributed by atoms with van der Waals surface area (Å²) in [6.07, 6.45) is 7.75. The lowest BCUT2D eigenvalue weighted by molar-refractivity contribution is -0.118. The molecule has 2 heterocycles. The van der Waals surface area contributed by atoms with Crippen molar-refractivity contribution < 1.29 is 4.79 Å². The van der Waals surface area contributed by atoms with Crippen LogP contribution in [-0.2, 0) is 24.2 Å². The maximum Gasteiger partial charge on any atom is 0.233 e. The van der Waals surface area contributed by atoms with Gasteiger partial charge in [0.25, 0.3) is 0 Å². The molecular weight excluding hydrogens is 404 g/mol. The highest BCUT2D eigenvalue weighted by atomic mass is 32.1. The average Bonchev–Trinajstić information content (AvgIpc) is 3.42. The summed E-state index contributed by atoms with van der Waals surface area (Å²) >= 11 is 1.60. The van der Waals surface area contributed by atoms with Gasteiger partial charge in [-0.2, -0.15) is 0 Å². The fourth-order valence-electron chi connectivity index (χ4n) is 3.75. The van der Waals surface area contributed by atoms with E-state index < -0.39 is 0 Å². The Kier molecular flexibility index (Phi) is 6.47. The van der Waals surface area contributed by atoms with E-state index in [1.54, 1.807) is 17.5 Å². The summed E-state index contributed by atoms with van der Waals surface area (Å²) in [6.45, 7) is 7.75. The fraction of sp³-hybridized carbons (Fsp3) is 0.320. The molecule has 31 heavy (non-hydrogen) atoms. The Morgan fingerprint density at radius 2 is 2.03 bits per heavy atom. The minimum atomic E-state index is 0.0901. The second-order valence-electron chi connectivity index (χ2n) is 7.96. The number of benzene rings is 2. The molecule has 6 heteroatoms. The highest BCUT2D eigenvalue weighted by Crippen LogP contribution is 2.30. The molecule has 0 saturated carbocycles. The summed E-state index contributed by atoms with van der Waals surface area (Å²) in [6, 6.07) is 12.6. The van der Waals surface area contributed by atoms with Crippen LogP contribution in [0.25, 0.3) is 10.2 Å². The van der Waals surface area contributed by atoms with Gasteiger partial charge in [-0.05, 0) is 55.5 Å². The summed E-state index contributed by atoms with van der Waals surface area (Å²) in [5.41, 5.74) is 5.68. The molecule has 0 radical (unpaired) electrons. The third-order valence-corrected chi connectivity index (χ3v) is 6.62. The first-order chi connectivity index (χ1) is 15.0. The first kappa shape index (κ1) is 21.2. The van der Waals surface area contributed by atoms with Gasteiger partial charge in [-0.1, -0.05) is 48.1 Å². The first-order valence-corrected chi connectivity index (χ1v) is 11.6. The third kappa shape index (κ3) is 5.02. The number of carbonyl (C=O) groups is 1. The second kappa shape index (κ2) is 9.43. The molecule has 1 amide bonds. The lowest BCUT2D eigenvalue weighted by Gasteiger charge is -2.20. The second-order valence-corrected chi connectivity index (χ2v) is 8.97. The van der Waals surface area contributed by atoms with Crippen LogP contribution in [0.15, 0.2) is 55.1 Å². The molecule has 4 aromatic rings. The molecule has 0 aliphatic carbocycles. The number of fused-ring (bicyclic) bond motifs is 1. The number of aryl methyl sites for hydroxylation is 4. The molecule has 0 aliphatic heterocycles. The predicted molar refractivity (Wildman–Crippen MR) is 128 cm³/mol. The number of thiazole rings is 1. The van der Waals surface area contributed by atoms with E-state index in [0.29, 0.717) is 13.0 Å². The van der Waals surface area contributed by atoms with Crippen LogP contribution in [0.3, 0.4) is 0 Å². The van der Waals surface area contributed by atoms with E-state index in [-0.39, 0.29) is 5.91 Å². The van der Waals surface area contributed by atoms with Crippen molar-refractivity contribution in [3.63, 3.8) is 0 Å². The molecule has 0 N–H and O–H groups in total. The molecule has 0 atom stereocenters. The molecule has 2 aromatic heterocycles. The molecule has 0 saturated heterocycles. The van der Waals surface area contributed by atoms with Gasteiger partial charge in [0.1, 0.15) is 0 Å². The molecule has 2 aromatic carbocycles. The van der Waals surface area contributed by atoms with Gasteiger partial charge in [-0.15, -0.1) is 0 Å². The van der Waals surface area contributed by atoms with Crippen molar-refractivity contribution in [2.75, 3.05) is 11.4 Å². The number of rotatable bonds is 8. The summed E-state index contributed by atoms with van der Waals surface area (Å²) in [4.78, 5) is 24.2. The molecule has 4 rings (SSSR count). The van der Waals surface area contributed by atoms with Crippen molar-refractivity contribution in [3.05, 3.63) is 77.4 Å². The molecule has 0 spiro atoms. The van der Waals surface area contributed by atoms with E-state index in [0.717, 1.165) is 45.9 Å². The van der Waals surface area contributed by atoms with Gasteiger partial charge >= 0.3 is 0 Å². The lowest BCUT2D eigenvalue weighted by atomic mass is 10.0. The van der Waals surface area contributed by atoms with Gasteiger partial charge in [-0.25, -0.2) is 9.97 Å². The Morgan fingerprint density at radius 3 is 2.77 bits per heavy atom. The lowest BCUT2D eigenvalue weighted by Crippen LogP contribution is -2.33. The monoisotopic (exact) mass is 432 g/mol. The highest BCUT2D eigenvalue weighted by Gasteiger charge is 2.20. The van der Waals surface area contributed by atoms with E-state index >= 15 is 0 Å². The summed E-state index contributed by atoms with van der Waals surface area (Å²) in [5.74, 6) is 0.0901. The van der Waals surface area contributed by atoms with Crippen molar-refractivity contribution in [3.8, 4) is 0 Å². The zero-order chi connectivity index (χ0) is 21.8. The predicted octanol–water partition coefficient (Wildman–Crippen LogP) is 5.34. The summed E-state index contributed by atoms with van der Waals surface area (Å²) in [5, 5.41) is 0.781. The minimum absolute atomic E-state index is 0.0901. The number of aromatic nitrogens is 3. The number of anilines is 1. The minimum Gasteiger partial charge on any atom is -0.337 e. The van der Waals surface area contributed by atoms with Crippen LogP contribution in [0.4, 0.5) is 5.13 Å². The normalized spacial score (nSPS) is 11.2. The van der Waals surface area contributed by atoms with E-state index in [1.807, 2.05) is 22.0 Å². The van der Waals surface area contributed by atoms with Crippen molar-refractivity contribution in [2.24, 2.45) is 0 Å². The zero-order valence-corrected chi connectivity index (χ0v) is 19.2.